The first-order valence-corrected chi connectivity index (χ1v) is 8.37. The van der Waals surface area contributed by atoms with Crippen LogP contribution in [0.25, 0.3) is 0 Å². The lowest BCUT2D eigenvalue weighted by Crippen LogP contribution is -2.61. The van der Waals surface area contributed by atoms with Gasteiger partial charge in [0.05, 0.1) is 6.10 Å². The molecule has 1 aliphatic carbocycles. The molecule has 2 saturated heterocycles. The van der Waals surface area contributed by atoms with E-state index in [0.29, 0.717) is 12.1 Å². The van der Waals surface area contributed by atoms with Gasteiger partial charge in [0.2, 0.25) is 0 Å². The Balaban J connectivity index is 1.71. The number of ether oxygens (including phenoxy) is 1. The Morgan fingerprint density at radius 1 is 1.05 bits per heavy atom. The van der Waals surface area contributed by atoms with E-state index in [4.69, 9.17) is 4.74 Å². The summed E-state index contributed by atoms with van der Waals surface area (Å²) in [5, 5.41) is 3.69. The molecule has 1 N–H and O–H groups in total. The number of rotatable bonds is 4. The van der Waals surface area contributed by atoms with Gasteiger partial charge in [0.25, 0.3) is 0 Å². The maximum Gasteiger partial charge on any atom is 0.0726 e. The lowest BCUT2D eigenvalue weighted by molar-refractivity contribution is -0.0551. The molecule has 2 bridgehead atoms. The van der Waals surface area contributed by atoms with Gasteiger partial charge in [0.1, 0.15) is 0 Å². The number of hydrogen-bond acceptors (Lipinski definition) is 3. The first kappa shape index (κ1) is 13.8. The number of methoxy groups -OCH3 is 1. The van der Waals surface area contributed by atoms with Crippen molar-refractivity contribution >= 4 is 0 Å². The summed E-state index contributed by atoms with van der Waals surface area (Å²) in [6, 6.07) is 3.11. The van der Waals surface area contributed by atoms with Crippen molar-refractivity contribution in [3.05, 3.63) is 0 Å². The van der Waals surface area contributed by atoms with Crippen molar-refractivity contribution in [3.8, 4) is 0 Å². The van der Waals surface area contributed by atoms with Crippen LogP contribution >= 0.6 is 0 Å². The van der Waals surface area contributed by atoms with Gasteiger partial charge in [-0.1, -0.05) is 13.3 Å². The normalized spacial score (nSPS) is 43.6. The predicted octanol–water partition coefficient (Wildman–Crippen LogP) is 2.55. The van der Waals surface area contributed by atoms with Gasteiger partial charge < -0.3 is 10.1 Å². The molecule has 0 spiro atoms. The van der Waals surface area contributed by atoms with E-state index in [1.165, 1.54) is 51.4 Å². The van der Waals surface area contributed by atoms with E-state index in [2.05, 4.69) is 17.1 Å². The molecular formula is C16H30N2O. The molecule has 3 nitrogen and oxygen atoms in total. The molecule has 0 amide bonds. The van der Waals surface area contributed by atoms with Gasteiger partial charge in [-0.05, 0) is 51.5 Å². The van der Waals surface area contributed by atoms with E-state index in [-0.39, 0.29) is 0 Å². The van der Waals surface area contributed by atoms with Crippen molar-refractivity contribution in [2.24, 2.45) is 0 Å². The first-order valence-electron chi connectivity index (χ1n) is 8.37. The predicted molar refractivity (Wildman–Crippen MR) is 78.4 cm³/mol. The number of fused-ring (bicyclic) bond motifs is 2. The highest BCUT2D eigenvalue weighted by molar-refractivity contribution is 5.00. The highest BCUT2D eigenvalue weighted by Crippen LogP contribution is 2.40. The largest absolute Gasteiger partial charge is 0.380 e. The summed E-state index contributed by atoms with van der Waals surface area (Å²) in [5.74, 6) is 0. The van der Waals surface area contributed by atoms with E-state index < -0.39 is 0 Å². The average Bonchev–Trinajstić information content (AvgIpc) is 2.86. The molecule has 0 radical (unpaired) electrons. The Morgan fingerprint density at radius 3 is 2.37 bits per heavy atom. The summed E-state index contributed by atoms with van der Waals surface area (Å²) in [6.45, 7) is 3.36. The highest BCUT2D eigenvalue weighted by atomic mass is 16.5. The summed E-state index contributed by atoms with van der Waals surface area (Å²) in [7, 11) is 1.91. The van der Waals surface area contributed by atoms with E-state index in [0.717, 1.165) is 24.7 Å². The minimum absolute atomic E-state index is 0.499. The Morgan fingerprint density at radius 2 is 1.74 bits per heavy atom. The molecule has 2 heterocycles. The number of hydrogen-bond donors (Lipinski definition) is 1. The molecular weight excluding hydrogens is 236 g/mol. The van der Waals surface area contributed by atoms with Crippen LogP contribution in [0.1, 0.15) is 58.3 Å². The second-order valence-corrected chi connectivity index (χ2v) is 6.68. The zero-order valence-electron chi connectivity index (χ0n) is 12.6. The molecule has 2 aliphatic heterocycles. The Hall–Kier alpha value is -0.120. The molecule has 0 aromatic rings. The summed E-state index contributed by atoms with van der Waals surface area (Å²) in [4.78, 5) is 2.89. The fraction of sp³-hybridized carbons (Fsp3) is 1.00. The minimum atomic E-state index is 0.499. The Kier molecular flexibility index (Phi) is 4.45. The van der Waals surface area contributed by atoms with Crippen LogP contribution in [0.2, 0.25) is 0 Å². The third kappa shape index (κ3) is 2.70. The third-order valence-corrected chi connectivity index (χ3v) is 5.63. The maximum absolute atomic E-state index is 5.76. The SMILES string of the molecule is CCNC1CC2CCCC(C1)N2C1CCCC1OC. The zero-order valence-corrected chi connectivity index (χ0v) is 12.6. The average molecular weight is 266 g/mol. The lowest BCUT2D eigenvalue weighted by Gasteiger charge is -2.52. The van der Waals surface area contributed by atoms with Gasteiger partial charge in [-0.25, -0.2) is 0 Å². The Bertz CT molecular complexity index is 282. The zero-order chi connectivity index (χ0) is 13.2. The van der Waals surface area contributed by atoms with Crippen LogP contribution in [0.3, 0.4) is 0 Å². The smallest absolute Gasteiger partial charge is 0.0726 e. The maximum atomic E-state index is 5.76. The van der Waals surface area contributed by atoms with Crippen LogP contribution < -0.4 is 5.32 Å². The van der Waals surface area contributed by atoms with E-state index in [1.807, 2.05) is 7.11 Å². The van der Waals surface area contributed by atoms with Crippen molar-refractivity contribution in [1.82, 2.24) is 10.2 Å². The summed E-state index contributed by atoms with van der Waals surface area (Å²) >= 11 is 0. The molecule has 4 unspecified atom stereocenters. The van der Waals surface area contributed by atoms with Gasteiger partial charge in [-0.3, -0.25) is 4.90 Å². The van der Waals surface area contributed by atoms with Crippen molar-refractivity contribution in [2.45, 2.75) is 88.6 Å². The van der Waals surface area contributed by atoms with Crippen molar-refractivity contribution in [3.63, 3.8) is 0 Å². The van der Waals surface area contributed by atoms with E-state index in [1.54, 1.807) is 0 Å². The molecule has 110 valence electrons. The quantitative estimate of drug-likeness (QED) is 0.846. The highest BCUT2D eigenvalue weighted by Gasteiger charge is 2.44. The van der Waals surface area contributed by atoms with Gasteiger partial charge >= 0.3 is 0 Å². The molecule has 3 rings (SSSR count). The molecule has 3 fully saturated rings. The van der Waals surface area contributed by atoms with E-state index in [9.17, 15) is 0 Å². The van der Waals surface area contributed by atoms with Gasteiger partial charge in [-0.2, -0.15) is 0 Å². The number of nitrogens with zero attached hydrogens (tertiary/aromatic N) is 1. The summed E-state index contributed by atoms with van der Waals surface area (Å²) in [6.07, 6.45) is 11.5. The Labute approximate surface area is 118 Å². The van der Waals surface area contributed by atoms with Crippen LogP contribution in [0.15, 0.2) is 0 Å². The van der Waals surface area contributed by atoms with Crippen LogP contribution in [-0.4, -0.2) is 48.8 Å². The van der Waals surface area contributed by atoms with Crippen molar-refractivity contribution in [1.29, 1.82) is 0 Å². The molecule has 4 atom stereocenters. The number of nitrogens with one attached hydrogen (secondary N) is 1. The standard InChI is InChI=1S/C16H30N2O/c1-3-17-12-10-13-6-4-7-14(11-12)18(13)15-8-5-9-16(15)19-2/h12-17H,3-11H2,1-2H3. The fourth-order valence-corrected chi connectivity index (χ4v) is 4.94. The molecule has 0 aromatic heterocycles. The van der Waals surface area contributed by atoms with E-state index >= 15 is 0 Å². The monoisotopic (exact) mass is 266 g/mol. The van der Waals surface area contributed by atoms with Gasteiger partial charge in [0.15, 0.2) is 0 Å². The van der Waals surface area contributed by atoms with Crippen molar-refractivity contribution < 1.29 is 4.74 Å². The van der Waals surface area contributed by atoms with Crippen LogP contribution in [0.5, 0.6) is 0 Å². The molecule has 19 heavy (non-hydrogen) atoms. The van der Waals surface area contributed by atoms with Crippen LogP contribution in [0, 0.1) is 0 Å². The summed E-state index contributed by atoms with van der Waals surface area (Å²) < 4.78 is 5.76. The van der Waals surface area contributed by atoms with Crippen molar-refractivity contribution in [2.75, 3.05) is 13.7 Å². The molecule has 0 aromatic carbocycles. The summed E-state index contributed by atoms with van der Waals surface area (Å²) in [5.41, 5.74) is 0. The van der Waals surface area contributed by atoms with Gasteiger partial charge in [0, 0.05) is 31.3 Å². The minimum Gasteiger partial charge on any atom is -0.380 e. The second-order valence-electron chi connectivity index (χ2n) is 6.68. The van der Waals surface area contributed by atoms with Gasteiger partial charge in [-0.15, -0.1) is 0 Å². The van der Waals surface area contributed by atoms with Crippen LogP contribution in [0.4, 0.5) is 0 Å². The second kappa shape index (κ2) is 6.11. The van der Waals surface area contributed by atoms with Crippen LogP contribution in [-0.2, 0) is 4.74 Å². The first-order chi connectivity index (χ1) is 9.33. The lowest BCUT2D eigenvalue weighted by atomic mass is 9.80. The third-order valence-electron chi connectivity index (χ3n) is 5.63. The topological polar surface area (TPSA) is 24.5 Å². The fourth-order valence-electron chi connectivity index (χ4n) is 4.94. The molecule has 1 saturated carbocycles. The number of piperidine rings is 2. The molecule has 3 aliphatic rings. The molecule has 3 heteroatoms.